The molecule has 4 aromatic rings. The van der Waals surface area contributed by atoms with E-state index in [-0.39, 0.29) is 44.7 Å². The minimum absolute atomic E-state index is 0.00457. The van der Waals surface area contributed by atoms with Gasteiger partial charge in [-0.25, -0.2) is 13.2 Å². The molecule has 44 heavy (non-hydrogen) atoms. The van der Waals surface area contributed by atoms with Crippen molar-refractivity contribution in [1.29, 1.82) is 0 Å². The standard InChI is InChI=1S/C33H35F3N6O2/c34-25-7-4-19-12-22(43)13-23(26(19)27(25)35)29-28(36)30-24(14-37-29)31(42-15-20-5-6-21(16-42)38-20)40-32(39-30)44-18-33(8-9-33)17-41-10-2-1-3-11-41/h4,7,12-14,20-21,38,43H,1-3,5-6,8-11,15-18H2/t20-,21+. The quantitative estimate of drug-likeness (QED) is 0.284. The lowest BCUT2D eigenvalue weighted by Gasteiger charge is -2.34. The predicted octanol–water partition coefficient (Wildman–Crippen LogP) is 5.55. The highest BCUT2D eigenvalue weighted by molar-refractivity contribution is 6.00. The van der Waals surface area contributed by atoms with Crippen LogP contribution in [0.5, 0.6) is 11.8 Å². The molecule has 2 aromatic carbocycles. The zero-order valence-electron chi connectivity index (χ0n) is 24.5. The van der Waals surface area contributed by atoms with Gasteiger partial charge in [0, 0.05) is 54.3 Å². The van der Waals surface area contributed by atoms with Crippen LogP contribution in [-0.2, 0) is 0 Å². The van der Waals surface area contributed by atoms with Crippen LogP contribution < -0.4 is 15.0 Å². The number of anilines is 1. The van der Waals surface area contributed by atoms with Crippen LogP contribution in [0, 0.1) is 22.9 Å². The van der Waals surface area contributed by atoms with Gasteiger partial charge in [0.25, 0.3) is 0 Å². The summed E-state index contributed by atoms with van der Waals surface area (Å²) in [6, 6.07) is 5.56. The van der Waals surface area contributed by atoms with E-state index in [0.29, 0.717) is 43.0 Å². The Kier molecular flexibility index (Phi) is 6.78. The number of phenolic OH excluding ortho intramolecular Hbond substituents is 1. The summed E-state index contributed by atoms with van der Waals surface area (Å²) in [7, 11) is 0. The summed E-state index contributed by atoms with van der Waals surface area (Å²) >= 11 is 0. The summed E-state index contributed by atoms with van der Waals surface area (Å²) in [5, 5.41) is 14.5. The van der Waals surface area contributed by atoms with Crippen molar-refractivity contribution < 1.29 is 23.0 Å². The number of nitrogens with zero attached hydrogens (tertiary/aromatic N) is 5. The van der Waals surface area contributed by atoms with E-state index in [1.54, 1.807) is 0 Å². The molecule has 2 aromatic heterocycles. The molecule has 4 fully saturated rings. The number of ether oxygens (including phenoxy) is 1. The molecular weight excluding hydrogens is 569 g/mol. The molecular formula is C33H35F3N6O2. The van der Waals surface area contributed by atoms with E-state index in [4.69, 9.17) is 9.72 Å². The van der Waals surface area contributed by atoms with Crippen molar-refractivity contribution in [2.75, 3.05) is 44.2 Å². The molecule has 0 unspecified atom stereocenters. The third kappa shape index (κ3) is 4.99. The van der Waals surface area contributed by atoms with Gasteiger partial charge in [-0.2, -0.15) is 9.97 Å². The second-order valence-corrected chi connectivity index (χ2v) is 13.1. The van der Waals surface area contributed by atoms with E-state index < -0.39 is 17.5 Å². The van der Waals surface area contributed by atoms with E-state index in [2.05, 4.69) is 25.1 Å². The molecule has 1 saturated carbocycles. The van der Waals surface area contributed by atoms with Crippen molar-refractivity contribution in [3.05, 3.63) is 47.9 Å². The second-order valence-electron chi connectivity index (χ2n) is 13.1. The Labute approximate surface area is 253 Å². The summed E-state index contributed by atoms with van der Waals surface area (Å²) in [4.78, 5) is 18.4. The fourth-order valence-electron chi connectivity index (χ4n) is 7.39. The molecule has 3 aliphatic heterocycles. The van der Waals surface area contributed by atoms with Crippen LogP contribution in [0.3, 0.4) is 0 Å². The van der Waals surface area contributed by atoms with Crippen LogP contribution in [0.1, 0.15) is 44.9 Å². The van der Waals surface area contributed by atoms with E-state index in [1.807, 2.05) is 0 Å². The van der Waals surface area contributed by atoms with Gasteiger partial charge in [0.15, 0.2) is 17.5 Å². The average Bonchev–Trinajstić information content (AvgIpc) is 3.71. The van der Waals surface area contributed by atoms with Crippen molar-refractivity contribution in [1.82, 2.24) is 25.2 Å². The third-order valence-electron chi connectivity index (χ3n) is 9.88. The Morgan fingerprint density at radius 2 is 1.75 bits per heavy atom. The maximum Gasteiger partial charge on any atom is 0.319 e. The summed E-state index contributed by atoms with van der Waals surface area (Å²) in [5.41, 5.74) is -0.246. The molecule has 8 nitrogen and oxygen atoms in total. The van der Waals surface area contributed by atoms with Gasteiger partial charge in [-0.1, -0.05) is 12.5 Å². The first-order chi connectivity index (χ1) is 21.4. The molecule has 0 spiro atoms. The number of piperidine rings is 1. The summed E-state index contributed by atoms with van der Waals surface area (Å²) in [6.07, 6.45) is 9.49. The van der Waals surface area contributed by atoms with Crippen LogP contribution in [-0.4, -0.2) is 76.4 Å². The number of benzene rings is 2. The Hall–Kier alpha value is -3.70. The molecule has 3 saturated heterocycles. The Bertz CT molecular complexity index is 1750. The molecule has 230 valence electrons. The number of hydrogen-bond acceptors (Lipinski definition) is 8. The highest BCUT2D eigenvalue weighted by Gasteiger charge is 2.45. The van der Waals surface area contributed by atoms with Gasteiger partial charge >= 0.3 is 6.01 Å². The Morgan fingerprint density at radius 1 is 0.977 bits per heavy atom. The van der Waals surface area contributed by atoms with Crippen molar-refractivity contribution >= 4 is 27.5 Å². The number of pyridine rings is 1. The molecule has 2 N–H and O–H groups in total. The number of nitrogens with one attached hydrogen (secondary N) is 1. The minimum atomic E-state index is -1.13. The van der Waals surface area contributed by atoms with Crippen LogP contribution in [0.15, 0.2) is 30.5 Å². The molecule has 2 atom stereocenters. The SMILES string of the molecule is Oc1cc(-c2ncc3c(N4C[C@H]5CC[C@@H](C4)N5)nc(OCC4(CN5CCCCC5)CC4)nc3c2F)c2c(F)c(F)ccc2c1. The van der Waals surface area contributed by atoms with Crippen molar-refractivity contribution in [2.45, 2.75) is 57.0 Å². The van der Waals surface area contributed by atoms with Crippen molar-refractivity contribution in [2.24, 2.45) is 5.41 Å². The summed E-state index contributed by atoms with van der Waals surface area (Å²) < 4.78 is 52.3. The third-order valence-corrected chi connectivity index (χ3v) is 9.88. The molecule has 0 amide bonds. The maximum absolute atomic E-state index is 16.6. The van der Waals surface area contributed by atoms with Gasteiger partial charge in [-0.05, 0) is 75.2 Å². The number of halogens is 3. The van der Waals surface area contributed by atoms with Crippen LogP contribution in [0.2, 0.25) is 0 Å². The zero-order valence-corrected chi connectivity index (χ0v) is 24.5. The number of rotatable bonds is 7. The molecule has 0 radical (unpaired) electrons. The lowest BCUT2D eigenvalue weighted by Crippen LogP contribution is -2.51. The van der Waals surface area contributed by atoms with Gasteiger partial charge in [-0.15, -0.1) is 0 Å². The molecule has 11 heteroatoms. The number of aromatic nitrogens is 3. The number of phenols is 1. The first-order valence-electron chi connectivity index (χ1n) is 15.7. The van der Waals surface area contributed by atoms with Gasteiger partial charge in [0.05, 0.1) is 12.0 Å². The van der Waals surface area contributed by atoms with E-state index in [0.717, 1.165) is 51.4 Å². The number of likely N-dealkylation sites (tertiary alicyclic amines) is 1. The highest BCUT2D eigenvalue weighted by atomic mass is 19.2. The van der Waals surface area contributed by atoms with Gasteiger partial charge in [0.2, 0.25) is 0 Å². The van der Waals surface area contributed by atoms with E-state index in [9.17, 15) is 9.50 Å². The summed E-state index contributed by atoms with van der Waals surface area (Å²) in [5.74, 6) is -2.67. The normalized spacial score (nSPS) is 23.0. The Morgan fingerprint density at radius 3 is 2.50 bits per heavy atom. The van der Waals surface area contributed by atoms with Gasteiger partial charge < -0.3 is 25.0 Å². The van der Waals surface area contributed by atoms with Crippen LogP contribution in [0.25, 0.3) is 32.9 Å². The van der Waals surface area contributed by atoms with Crippen LogP contribution in [0.4, 0.5) is 19.0 Å². The predicted molar refractivity (Wildman–Crippen MR) is 161 cm³/mol. The lowest BCUT2D eigenvalue weighted by molar-refractivity contribution is 0.139. The van der Waals surface area contributed by atoms with Crippen LogP contribution >= 0.6 is 0 Å². The number of fused-ring (bicyclic) bond motifs is 4. The van der Waals surface area contributed by atoms with Gasteiger partial charge in [0.1, 0.15) is 22.8 Å². The minimum Gasteiger partial charge on any atom is -0.508 e. The van der Waals surface area contributed by atoms with E-state index in [1.165, 1.54) is 43.7 Å². The fraction of sp³-hybridized carbons (Fsp3) is 0.485. The maximum atomic E-state index is 16.6. The lowest BCUT2D eigenvalue weighted by atomic mass is 9.99. The van der Waals surface area contributed by atoms with E-state index >= 15 is 8.78 Å². The Balaban J connectivity index is 1.21. The fourth-order valence-corrected chi connectivity index (χ4v) is 7.39. The number of aromatic hydroxyl groups is 1. The molecule has 4 aliphatic rings. The van der Waals surface area contributed by atoms with Crippen molar-refractivity contribution in [3.8, 4) is 23.0 Å². The first-order valence-corrected chi connectivity index (χ1v) is 15.7. The topological polar surface area (TPSA) is 86.6 Å². The number of piperazine rings is 1. The largest absolute Gasteiger partial charge is 0.508 e. The monoisotopic (exact) mass is 604 g/mol. The highest BCUT2D eigenvalue weighted by Crippen LogP contribution is 2.47. The molecule has 5 heterocycles. The molecule has 8 rings (SSSR count). The average molecular weight is 605 g/mol. The van der Waals surface area contributed by atoms with Gasteiger partial charge in [-0.3, -0.25) is 4.98 Å². The smallest absolute Gasteiger partial charge is 0.319 e. The molecule has 1 aliphatic carbocycles. The second kappa shape index (κ2) is 10.7. The number of hydrogen-bond donors (Lipinski definition) is 2. The molecule has 2 bridgehead atoms. The first kappa shape index (κ1) is 27.8. The van der Waals surface area contributed by atoms with Crippen molar-refractivity contribution in [3.63, 3.8) is 0 Å². The summed E-state index contributed by atoms with van der Waals surface area (Å²) in [6.45, 7) is 5.07. The zero-order chi connectivity index (χ0) is 30.0.